The number of hydrogen-bond acceptors (Lipinski definition) is 1. The molecule has 0 bridgehead atoms. The first-order valence-corrected chi connectivity index (χ1v) is 7.72. The standard InChI is InChI=1S/C18H19ClN2/c1-2-14-6-5-7-15-10-12-21(18(14)15)13-11-20-17-9-4-3-8-16(17)19/h3-10,12,20H,2,11,13H2,1H3. The van der Waals surface area contributed by atoms with Crippen LogP contribution in [0.15, 0.2) is 54.7 Å². The lowest BCUT2D eigenvalue weighted by molar-refractivity contribution is 0.754. The fraction of sp³-hybridized carbons (Fsp3) is 0.222. The molecule has 3 aromatic rings. The van der Waals surface area contributed by atoms with Crippen LogP contribution in [0.2, 0.25) is 5.02 Å². The zero-order valence-electron chi connectivity index (χ0n) is 12.1. The molecule has 2 nitrogen and oxygen atoms in total. The lowest BCUT2D eigenvalue weighted by Crippen LogP contribution is -2.10. The number of benzene rings is 2. The SMILES string of the molecule is CCc1cccc2ccn(CCNc3ccccc3Cl)c12. The van der Waals surface area contributed by atoms with Crippen LogP contribution < -0.4 is 5.32 Å². The number of nitrogens with one attached hydrogen (secondary N) is 1. The van der Waals surface area contributed by atoms with E-state index in [9.17, 15) is 0 Å². The van der Waals surface area contributed by atoms with Gasteiger partial charge >= 0.3 is 0 Å². The summed E-state index contributed by atoms with van der Waals surface area (Å²) >= 11 is 6.16. The van der Waals surface area contributed by atoms with Crippen LogP contribution in [0.25, 0.3) is 10.9 Å². The summed E-state index contributed by atoms with van der Waals surface area (Å²) in [6.45, 7) is 3.98. The first-order chi connectivity index (χ1) is 10.3. The van der Waals surface area contributed by atoms with Crippen molar-refractivity contribution < 1.29 is 0 Å². The van der Waals surface area contributed by atoms with Gasteiger partial charge in [-0.05, 0) is 35.6 Å². The highest BCUT2D eigenvalue weighted by atomic mass is 35.5. The summed E-state index contributed by atoms with van der Waals surface area (Å²) in [7, 11) is 0. The Kier molecular flexibility index (Phi) is 4.16. The van der Waals surface area contributed by atoms with Crippen molar-refractivity contribution in [2.45, 2.75) is 19.9 Å². The third kappa shape index (κ3) is 2.91. The normalized spacial score (nSPS) is 11.0. The number of halogens is 1. The minimum Gasteiger partial charge on any atom is -0.382 e. The fourth-order valence-corrected chi connectivity index (χ4v) is 2.93. The molecule has 0 fully saturated rings. The van der Waals surface area contributed by atoms with Crippen molar-refractivity contribution in [3.8, 4) is 0 Å². The van der Waals surface area contributed by atoms with Crippen molar-refractivity contribution in [2.75, 3.05) is 11.9 Å². The highest BCUT2D eigenvalue weighted by Crippen LogP contribution is 2.22. The average Bonchev–Trinajstić information content (AvgIpc) is 2.92. The number of rotatable bonds is 5. The van der Waals surface area contributed by atoms with Crippen molar-refractivity contribution in [1.82, 2.24) is 4.57 Å². The van der Waals surface area contributed by atoms with Gasteiger partial charge in [0, 0.05) is 19.3 Å². The minimum atomic E-state index is 0.768. The van der Waals surface area contributed by atoms with Crippen molar-refractivity contribution in [3.63, 3.8) is 0 Å². The summed E-state index contributed by atoms with van der Waals surface area (Å²) in [5.74, 6) is 0. The zero-order valence-corrected chi connectivity index (χ0v) is 12.9. The van der Waals surface area contributed by atoms with Crippen LogP contribution in [-0.4, -0.2) is 11.1 Å². The Morgan fingerprint density at radius 3 is 2.71 bits per heavy atom. The van der Waals surface area contributed by atoms with Crippen LogP contribution >= 0.6 is 11.6 Å². The molecule has 0 saturated carbocycles. The second-order valence-corrected chi connectivity index (χ2v) is 5.53. The molecule has 3 rings (SSSR count). The molecule has 0 aliphatic heterocycles. The van der Waals surface area contributed by atoms with Gasteiger partial charge in [-0.1, -0.05) is 48.9 Å². The van der Waals surface area contributed by atoms with Gasteiger partial charge in [0.1, 0.15) is 0 Å². The van der Waals surface area contributed by atoms with Crippen LogP contribution in [0.3, 0.4) is 0 Å². The molecule has 0 saturated heterocycles. The molecule has 1 heterocycles. The Labute approximate surface area is 130 Å². The van der Waals surface area contributed by atoms with Gasteiger partial charge in [-0.3, -0.25) is 0 Å². The summed E-state index contributed by atoms with van der Waals surface area (Å²) in [6.07, 6.45) is 3.22. The van der Waals surface area contributed by atoms with Crippen LogP contribution in [0.4, 0.5) is 5.69 Å². The molecule has 0 spiro atoms. The fourth-order valence-electron chi connectivity index (χ4n) is 2.73. The Morgan fingerprint density at radius 2 is 1.90 bits per heavy atom. The summed E-state index contributed by atoms with van der Waals surface area (Å²) in [5, 5.41) is 5.48. The van der Waals surface area contributed by atoms with E-state index in [0.717, 1.165) is 30.2 Å². The summed E-state index contributed by atoms with van der Waals surface area (Å²) < 4.78 is 2.32. The number of hydrogen-bond donors (Lipinski definition) is 1. The quantitative estimate of drug-likeness (QED) is 0.704. The highest BCUT2D eigenvalue weighted by Gasteiger charge is 2.05. The van der Waals surface area contributed by atoms with E-state index in [1.165, 1.54) is 16.5 Å². The Morgan fingerprint density at radius 1 is 1.05 bits per heavy atom. The van der Waals surface area contributed by atoms with E-state index in [4.69, 9.17) is 11.6 Å². The molecule has 21 heavy (non-hydrogen) atoms. The van der Waals surface area contributed by atoms with Crippen molar-refractivity contribution in [3.05, 3.63) is 65.3 Å². The number of aryl methyl sites for hydroxylation is 1. The molecular formula is C18H19ClN2. The van der Waals surface area contributed by atoms with Gasteiger partial charge in [-0.15, -0.1) is 0 Å². The van der Waals surface area contributed by atoms with Crippen LogP contribution in [-0.2, 0) is 13.0 Å². The summed E-state index contributed by atoms with van der Waals surface area (Å²) in [4.78, 5) is 0. The largest absolute Gasteiger partial charge is 0.382 e. The van der Waals surface area contributed by atoms with Gasteiger partial charge in [0.15, 0.2) is 0 Å². The van der Waals surface area contributed by atoms with E-state index in [-0.39, 0.29) is 0 Å². The molecule has 0 atom stereocenters. The second-order valence-electron chi connectivity index (χ2n) is 5.12. The Balaban J connectivity index is 1.75. The van der Waals surface area contributed by atoms with Gasteiger partial charge in [0.05, 0.1) is 16.2 Å². The molecule has 3 heteroatoms. The van der Waals surface area contributed by atoms with Crippen molar-refractivity contribution in [2.24, 2.45) is 0 Å². The minimum absolute atomic E-state index is 0.768. The Bertz CT molecular complexity index is 746. The molecule has 0 amide bonds. The Hall–Kier alpha value is -1.93. The molecule has 1 N–H and O–H groups in total. The lowest BCUT2D eigenvalue weighted by Gasteiger charge is -2.11. The number of aromatic nitrogens is 1. The van der Waals surface area contributed by atoms with Crippen LogP contribution in [0, 0.1) is 0 Å². The topological polar surface area (TPSA) is 17.0 Å². The maximum atomic E-state index is 6.16. The monoisotopic (exact) mass is 298 g/mol. The smallest absolute Gasteiger partial charge is 0.0637 e. The van der Waals surface area contributed by atoms with E-state index in [1.54, 1.807) is 0 Å². The number of anilines is 1. The predicted octanol–water partition coefficient (Wildman–Crippen LogP) is 4.97. The van der Waals surface area contributed by atoms with E-state index in [1.807, 2.05) is 24.3 Å². The molecule has 0 aliphatic carbocycles. The van der Waals surface area contributed by atoms with Gasteiger partial charge in [-0.25, -0.2) is 0 Å². The molecule has 0 radical (unpaired) electrons. The maximum absolute atomic E-state index is 6.16. The maximum Gasteiger partial charge on any atom is 0.0637 e. The predicted molar refractivity (Wildman–Crippen MR) is 91.3 cm³/mol. The first-order valence-electron chi connectivity index (χ1n) is 7.34. The molecule has 2 aromatic carbocycles. The van der Waals surface area contributed by atoms with Gasteiger partial charge < -0.3 is 9.88 Å². The molecular weight excluding hydrogens is 280 g/mol. The van der Waals surface area contributed by atoms with E-state index in [2.05, 4.69) is 47.3 Å². The number of para-hydroxylation sites is 2. The van der Waals surface area contributed by atoms with E-state index < -0.39 is 0 Å². The highest BCUT2D eigenvalue weighted by molar-refractivity contribution is 6.33. The van der Waals surface area contributed by atoms with Crippen LogP contribution in [0.5, 0.6) is 0 Å². The molecule has 0 aliphatic rings. The third-order valence-corrected chi connectivity index (χ3v) is 4.12. The average molecular weight is 299 g/mol. The van der Waals surface area contributed by atoms with Crippen molar-refractivity contribution in [1.29, 1.82) is 0 Å². The summed E-state index contributed by atoms with van der Waals surface area (Å²) in [5.41, 5.74) is 3.74. The first kappa shape index (κ1) is 14.0. The van der Waals surface area contributed by atoms with Gasteiger partial charge in [-0.2, -0.15) is 0 Å². The number of nitrogens with zero attached hydrogens (tertiary/aromatic N) is 1. The molecule has 1 aromatic heterocycles. The zero-order chi connectivity index (χ0) is 14.7. The van der Waals surface area contributed by atoms with Crippen LogP contribution in [0.1, 0.15) is 12.5 Å². The number of fused-ring (bicyclic) bond motifs is 1. The van der Waals surface area contributed by atoms with Crippen molar-refractivity contribution >= 4 is 28.2 Å². The molecule has 108 valence electrons. The summed E-state index contributed by atoms with van der Waals surface area (Å²) in [6, 6.07) is 16.6. The third-order valence-electron chi connectivity index (χ3n) is 3.79. The van der Waals surface area contributed by atoms with E-state index >= 15 is 0 Å². The lowest BCUT2D eigenvalue weighted by atomic mass is 10.1. The van der Waals surface area contributed by atoms with E-state index in [0.29, 0.717) is 0 Å². The second kappa shape index (κ2) is 6.23. The van der Waals surface area contributed by atoms with Gasteiger partial charge in [0.2, 0.25) is 0 Å². The molecule has 0 unspecified atom stereocenters. The van der Waals surface area contributed by atoms with Gasteiger partial charge in [0.25, 0.3) is 0 Å².